The van der Waals surface area contributed by atoms with Crippen LogP contribution in [0, 0.1) is 5.92 Å². The highest BCUT2D eigenvalue weighted by atomic mass is 16.4. The molecule has 0 aliphatic heterocycles. The smallest absolute Gasteiger partial charge is 0.132 e. The van der Waals surface area contributed by atoms with Crippen LogP contribution in [0.15, 0.2) is 22.8 Å². The number of furan rings is 1. The second-order valence-electron chi connectivity index (χ2n) is 2.46. The Morgan fingerprint density at radius 2 is 2.45 bits per heavy atom. The zero-order valence-corrected chi connectivity index (χ0v) is 6.23. The van der Waals surface area contributed by atoms with Crippen molar-refractivity contribution in [2.75, 3.05) is 0 Å². The Bertz CT molecular complexity index is 215. The first-order valence-electron chi connectivity index (χ1n) is 3.42. The summed E-state index contributed by atoms with van der Waals surface area (Å²) in [5.74, 6) is 0.0192. The molecule has 60 valence electrons. The van der Waals surface area contributed by atoms with Gasteiger partial charge in [0.1, 0.15) is 18.2 Å². The van der Waals surface area contributed by atoms with Crippen LogP contribution >= 0.6 is 0 Å². The first-order valence-corrected chi connectivity index (χ1v) is 3.42. The quantitative estimate of drug-likeness (QED) is 0.664. The highest BCUT2D eigenvalue weighted by molar-refractivity contribution is 5.54. The van der Waals surface area contributed by atoms with E-state index < -0.39 is 12.0 Å². The molecule has 0 aliphatic rings. The molecule has 0 aliphatic carbocycles. The molecule has 1 aromatic heterocycles. The van der Waals surface area contributed by atoms with E-state index in [9.17, 15) is 9.90 Å². The van der Waals surface area contributed by atoms with Gasteiger partial charge in [0.25, 0.3) is 0 Å². The van der Waals surface area contributed by atoms with Crippen molar-refractivity contribution in [3.05, 3.63) is 24.2 Å². The maximum Gasteiger partial charge on any atom is 0.132 e. The number of hydrogen-bond donors (Lipinski definition) is 1. The standard InChI is InChI=1S/C8H10O3/c1-6(5-9)8(10)7-3-2-4-11-7/h2-6,8,10H,1H3/t6-,8+/m0/s1. The van der Waals surface area contributed by atoms with Crippen LogP contribution in [0.4, 0.5) is 0 Å². The first kappa shape index (κ1) is 8.01. The summed E-state index contributed by atoms with van der Waals surface area (Å²) < 4.78 is 4.91. The Morgan fingerprint density at radius 3 is 2.91 bits per heavy atom. The van der Waals surface area contributed by atoms with E-state index >= 15 is 0 Å². The third-order valence-electron chi connectivity index (χ3n) is 1.55. The van der Waals surface area contributed by atoms with Crippen LogP contribution < -0.4 is 0 Å². The average Bonchev–Trinajstić information content (AvgIpc) is 2.53. The molecule has 1 aromatic rings. The van der Waals surface area contributed by atoms with Crippen molar-refractivity contribution in [3.8, 4) is 0 Å². The van der Waals surface area contributed by atoms with Crippen LogP contribution in [0.1, 0.15) is 18.8 Å². The van der Waals surface area contributed by atoms with Crippen molar-refractivity contribution >= 4 is 6.29 Å². The molecule has 0 fully saturated rings. The fourth-order valence-corrected chi connectivity index (χ4v) is 0.793. The van der Waals surface area contributed by atoms with E-state index in [4.69, 9.17) is 4.42 Å². The summed E-state index contributed by atoms with van der Waals surface area (Å²) in [6.45, 7) is 1.64. The third kappa shape index (κ3) is 1.68. The fourth-order valence-electron chi connectivity index (χ4n) is 0.793. The summed E-state index contributed by atoms with van der Waals surface area (Å²) in [5.41, 5.74) is 0. The Balaban J connectivity index is 2.69. The number of hydrogen-bond acceptors (Lipinski definition) is 3. The summed E-state index contributed by atoms with van der Waals surface area (Å²) in [6, 6.07) is 3.32. The van der Waals surface area contributed by atoms with Gasteiger partial charge in [-0.2, -0.15) is 0 Å². The Hall–Kier alpha value is -1.09. The van der Waals surface area contributed by atoms with Crippen molar-refractivity contribution < 1.29 is 14.3 Å². The van der Waals surface area contributed by atoms with Gasteiger partial charge < -0.3 is 14.3 Å². The summed E-state index contributed by atoms with van der Waals surface area (Å²) in [6.07, 6.45) is 1.35. The predicted molar refractivity (Wildman–Crippen MR) is 38.9 cm³/mol. The molecule has 0 amide bonds. The molecule has 0 bridgehead atoms. The molecule has 1 heterocycles. The van der Waals surface area contributed by atoms with E-state index in [0.29, 0.717) is 12.0 Å². The molecule has 0 saturated heterocycles. The molecule has 2 atom stereocenters. The molecule has 3 heteroatoms. The number of aliphatic hydroxyl groups excluding tert-OH is 1. The van der Waals surface area contributed by atoms with Crippen molar-refractivity contribution in [3.63, 3.8) is 0 Å². The molecular formula is C8H10O3. The van der Waals surface area contributed by atoms with Crippen molar-refractivity contribution in [1.82, 2.24) is 0 Å². The maximum atomic E-state index is 10.2. The lowest BCUT2D eigenvalue weighted by Crippen LogP contribution is -2.08. The zero-order chi connectivity index (χ0) is 8.27. The van der Waals surface area contributed by atoms with Gasteiger partial charge in [0.15, 0.2) is 0 Å². The van der Waals surface area contributed by atoms with Gasteiger partial charge in [0.2, 0.25) is 0 Å². The van der Waals surface area contributed by atoms with E-state index in [1.165, 1.54) is 6.26 Å². The minimum atomic E-state index is -0.817. The van der Waals surface area contributed by atoms with Gasteiger partial charge in [0.05, 0.1) is 6.26 Å². The molecule has 1 rings (SSSR count). The minimum absolute atomic E-state index is 0.416. The zero-order valence-electron chi connectivity index (χ0n) is 6.23. The molecule has 0 unspecified atom stereocenters. The van der Waals surface area contributed by atoms with Crippen molar-refractivity contribution in [2.45, 2.75) is 13.0 Å². The summed E-state index contributed by atoms with van der Waals surface area (Å²) >= 11 is 0. The minimum Gasteiger partial charge on any atom is -0.467 e. The van der Waals surface area contributed by atoms with Crippen LogP contribution in [0.5, 0.6) is 0 Å². The normalized spacial score (nSPS) is 15.8. The van der Waals surface area contributed by atoms with Crippen molar-refractivity contribution in [1.29, 1.82) is 0 Å². The number of aldehydes is 1. The lowest BCUT2D eigenvalue weighted by Gasteiger charge is -2.08. The van der Waals surface area contributed by atoms with Gasteiger partial charge in [-0.1, -0.05) is 6.92 Å². The van der Waals surface area contributed by atoms with E-state index in [2.05, 4.69) is 0 Å². The van der Waals surface area contributed by atoms with E-state index in [-0.39, 0.29) is 0 Å². The van der Waals surface area contributed by atoms with Crippen LogP contribution in [-0.2, 0) is 4.79 Å². The second kappa shape index (κ2) is 3.34. The number of carbonyl (C=O) groups excluding carboxylic acids is 1. The molecule has 11 heavy (non-hydrogen) atoms. The Kier molecular flexibility index (Phi) is 2.44. The molecule has 0 spiro atoms. The maximum absolute atomic E-state index is 10.2. The lowest BCUT2D eigenvalue weighted by atomic mass is 10.1. The molecule has 0 radical (unpaired) electrons. The van der Waals surface area contributed by atoms with Gasteiger partial charge in [-0.25, -0.2) is 0 Å². The van der Waals surface area contributed by atoms with Gasteiger partial charge in [-0.15, -0.1) is 0 Å². The third-order valence-corrected chi connectivity index (χ3v) is 1.55. The molecular weight excluding hydrogens is 144 g/mol. The van der Waals surface area contributed by atoms with E-state index in [1.807, 2.05) is 0 Å². The predicted octanol–water partition coefficient (Wildman–Crippen LogP) is 1.15. The Labute approximate surface area is 64.6 Å². The lowest BCUT2D eigenvalue weighted by molar-refractivity contribution is -0.114. The largest absolute Gasteiger partial charge is 0.467 e. The number of aliphatic hydroxyl groups is 1. The fraction of sp³-hybridized carbons (Fsp3) is 0.375. The molecule has 0 saturated carbocycles. The average molecular weight is 154 g/mol. The highest BCUT2D eigenvalue weighted by Crippen LogP contribution is 2.19. The summed E-state index contributed by atoms with van der Waals surface area (Å²) in [5, 5.41) is 9.35. The van der Waals surface area contributed by atoms with Gasteiger partial charge >= 0.3 is 0 Å². The van der Waals surface area contributed by atoms with Crippen molar-refractivity contribution in [2.24, 2.45) is 5.92 Å². The van der Waals surface area contributed by atoms with Crippen LogP contribution in [-0.4, -0.2) is 11.4 Å². The molecule has 3 nitrogen and oxygen atoms in total. The second-order valence-corrected chi connectivity index (χ2v) is 2.46. The SMILES string of the molecule is C[C@@H](C=O)[C@@H](O)c1ccco1. The monoisotopic (exact) mass is 154 g/mol. The van der Waals surface area contributed by atoms with Crippen LogP contribution in [0.3, 0.4) is 0 Å². The van der Waals surface area contributed by atoms with Gasteiger partial charge in [-0.3, -0.25) is 0 Å². The van der Waals surface area contributed by atoms with Gasteiger partial charge in [-0.05, 0) is 12.1 Å². The number of carbonyl (C=O) groups is 1. The molecule has 0 aromatic carbocycles. The first-order chi connectivity index (χ1) is 5.25. The molecule has 1 N–H and O–H groups in total. The number of rotatable bonds is 3. The van der Waals surface area contributed by atoms with Gasteiger partial charge in [0, 0.05) is 5.92 Å². The highest BCUT2D eigenvalue weighted by Gasteiger charge is 2.17. The van der Waals surface area contributed by atoms with Crippen LogP contribution in [0.2, 0.25) is 0 Å². The topological polar surface area (TPSA) is 50.4 Å². The van der Waals surface area contributed by atoms with E-state index in [0.717, 1.165) is 0 Å². The summed E-state index contributed by atoms with van der Waals surface area (Å²) in [7, 11) is 0. The van der Waals surface area contributed by atoms with Crippen LogP contribution in [0.25, 0.3) is 0 Å². The Morgan fingerprint density at radius 1 is 1.73 bits per heavy atom. The summed E-state index contributed by atoms with van der Waals surface area (Å²) in [4.78, 5) is 10.2. The van der Waals surface area contributed by atoms with E-state index in [1.54, 1.807) is 19.1 Å².